The first kappa shape index (κ1) is 20.1. The molecule has 0 spiro atoms. The van der Waals surface area contributed by atoms with Crippen molar-refractivity contribution < 1.29 is 9.84 Å². The quantitative estimate of drug-likeness (QED) is 0.497. The van der Waals surface area contributed by atoms with Gasteiger partial charge < -0.3 is 9.84 Å². The van der Waals surface area contributed by atoms with Crippen molar-refractivity contribution in [1.82, 2.24) is 14.5 Å². The summed E-state index contributed by atoms with van der Waals surface area (Å²) < 4.78 is 7.03. The van der Waals surface area contributed by atoms with Gasteiger partial charge in [-0.3, -0.25) is 14.3 Å². The molecule has 7 heteroatoms. The summed E-state index contributed by atoms with van der Waals surface area (Å²) in [6.45, 7) is 5.67. The van der Waals surface area contributed by atoms with Gasteiger partial charge in [0.15, 0.2) is 5.16 Å². The number of aliphatic hydroxyl groups excluding tert-OH is 1. The van der Waals surface area contributed by atoms with E-state index in [1.807, 2.05) is 49.4 Å². The maximum atomic E-state index is 13.3. The maximum absolute atomic E-state index is 13.3. The van der Waals surface area contributed by atoms with Crippen LogP contribution in [0.15, 0.2) is 58.5 Å². The minimum atomic E-state index is -0.508. The Balaban J connectivity index is 1.64. The van der Waals surface area contributed by atoms with Gasteiger partial charge >= 0.3 is 0 Å². The number of thioether (sulfide) groups is 1. The standard InChI is InChI=1S/C22H25N3O3S/c1-16-6-2-5-9-20(16)25-21(27)18-7-3-4-8-19(18)23-22(25)29-15-17(26)14-24-10-12-28-13-11-24/h2-9,17,26H,10-15H2,1H3/t17-/m0/s1. The number of aliphatic hydroxyl groups is 1. The van der Waals surface area contributed by atoms with Crippen LogP contribution in [0.2, 0.25) is 0 Å². The summed E-state index contributed by atoms with van der Waals surface area (Å²) in [4.78, 5) is 20.2. The smallest absolute Gasteiger partial charge is 0.266 e. The lowest BCUT2D eigenvalue weighted by Gasteiger charge is -2.28. The zero-order valence-electron chi connectivity index (χ0n) is 16.5. The maximum Gasteiger partial charge on any atom is 0.266 e. The largest absolute Gasteiger partial charge is 0.391 e. The van der Waals surface area contributed by atoms with Crippen LogP contribution in [0.3, 0.4) is 0 Å². The van der Waals surface area contributed by atoms with Gasteiger partial charge in [-0.05, 0) is 30.7 Å². The van der Waals surface area contributed by atoms with Crippen LogP contribution in [-0.2, 0) is 4.74 Å². The fourth-order valence-electron chi connectivity index (χ4n) is 3.54. The van der Waals surface area contributed by atoms with Gasteiger partial charge in [-0.25, -0.2) is 4.98 Å². The molecule has 0 amide bonds. The van der Waals surface area contributed by atoms with Crippen LogP contribution >= 0.6 is 11.8 Å². The van der Waals surface area contributed by atoms with Gasteiger partial charge in [0.2, 0.25) is 0 Å². The number of benzene rings is 2. The topological polar surface area (TPSA) is 67.6 Å². The number of rotatable bonds is 6. The molecule has 0 radical (unpaired) electrons. The highest BCUT2D eigenvalue weighted by atomic mass is 32.2. The Hall–Kier alpha value is -2.19. The Bertz CT molecular complexity index is 1050. The van der Waals surface area contributed by atoms with E-state index in [2.05, 4.69) is 4.90 Å². The molecule has 0 bridgehead atoms. The van der Waals surface area contributed by atoms with Gasteiger partial charge in [-0.2, -0.15) is 0 Å². The van der Waals surface area contributed by atoms with Crippen molar-refractivity contribution in [2.45, 2.75) is 18.2 Å². The lowest BCUT2D eigenvalue weighted by molar-refractivity contribution is 0.0188. The Labute approximate surface area is 174 Å². The molecule has 1 saturated heterocycles. The summed E-state index contributed by atoms with van der Waals surface area (Å²) >= 11 is 1.42. The monoisotopic (exact) mass is 411 g/mol. The molecule has 0 saturated carbocycles. The fourth-order valence-corrected chi connectivity index (χ4v) is 4.46. The summed E-state index contributed by atoms with van der Waals surface area (Å²) in [6, 6.07) is 15.2. The van der Waals surface area contributed by atoms with E-state index in [1.165, 1.54) is 11.8 Å². The van der Waals surface area contributed by atoms with E-state index < -0.39 is 6.10 Å². The molecule has 29 heavy (non-hydrogen) atoms. The molecule has 152 valence electrons. The first-order chi connectivity index (χ1) is 14.1. The molecule has 1 aromatic heterocycles. The first-order valence-corrected chi connectivity index (χ1v) is 10.8. The third-order valence-corrected chi connectivity index (χ3v) is 6.16. The molecular formula is C22H25N3O3S. The Morgan fingerprint density at radius 3 is 2.66 bits per heavy atom. The second-order valence-electron chi connectivity index (χ2n) is 7.22. The van der Waals surface area contributed by atoms with E-state index in [4.69, 9.17) is 9.72 Å². The predicted molar refractivity (Wildman–Crippen MR) is 116 cm³/mol. The number of aryl methyl sites for hydroxylation is 1. The summed E-state index contributed by atoms with van der Waals surface area (Å²) in [5, 5.41) is 11.7. The van der Waals surface area contributed by atoms with Crippen LogP contribution in [0.5, 0.6) is 0 Å². The number of hydrogen-bond donors (Lipinski definition) is 1. The highest BCUT2D eigenvalue weighted by Crippen LogP contribution is 2.23. The average molecular weight is 412 g/mol. The summed E-state index contributed by atoms with van der Waals surface area (Å²) in [6.07, 6.45) is -0.508. The molecule has 1 fully saturated rings. The minimum Gasteiger partial charge on any atom is -0.391 e. The van der Waals surface area contributed by atoms with Gasteiger partial charge in [-0.1, -0.05) is 42.1 Å². The second kappa shape index (κ2) is 9.09. The van der Waals surface area contributed by atoms with Crippen molar-refractivity contribution in [3.63, 3.8) is 0 Å². The van der Waals surface area contributed by atoms with Crippen molar-refractivity contribution in [2.75, 3.05) is 38.6 Å². The van der Waals surface area contributed by atoms with E-state index in [-0.39, 0.29) is 5.56 Å². The molecular weight excluding hydrogens is 386 g/mol. The summed E-state index contributed by atoms with van der Waals surface area (Å²) in [5.74, 6) is 0.466. The third-order valence-electron chi connectivity index (χ3n) is 5.08. The fraction of sp³-hybridized carbons (Fsp3) is 0.364. The van der Waals surface area contributed by atoms with Crippen LogP contribution < -0.4 is 5.56 Å². The zero-order chi connectivity index (χ0) is 20.2. The van der Waals surface area contributed by atoms with Crippen LogP contribution in [0.25, 0.3) is 16.6 Å². The van der Waals surface area contributed by atoms with Crippen molar-refractivity contribution in [1.29, 1.82) is 0 Å². The lowest BCUT2D eigenvalue weighted by Crippen LogP contribution is -2.41. The molecule has 1 aliphatic heterocycles. The zero-order valence-corrected chi connectivity index (χ0v) is 17.3. The van der Waals surface area contributed by atoms with Crippen LogP contribution in [0.4, 0.5) is 0 Å². The van der Waals surface area contributed by atoms with E-state index in [9.17, 15) is 9.90 Å². The van der Waals surface area contributed by atoms with E-state index in [0.717, 1.165) is 24.3 Å². The minimum absolute atomic E-state index is 0.0879. The van der Waals surface area contributed by atoms with Gasteiger partial charge in [0, 0.05) is 25.4 Å². The van der Waals surface area contributed by atoms with Gasteiger partial charge in [0.05, 0.1) is 35.9 Å². The molecule has 0 unspecified atom stereocenters. The summed E-state index contributed by atoms with van der Waals surface area (Å²) in [7, 11) is 0. The number of para-hydroxylation sites is 2. The number of nitrogens with zero attached hydrogens (tertiary/aromatic N) is 3. The Kier molecular flexibility index (Phi) is 6.30. The van der Waals surface area contributed by atoms with Crippen LogP contribution in [0.1, 0.15) is 5.56 Å². The SMILES string of the molecule is Cc1ccccc1-n1c(SC[C@@H](O)CN2CCOCC2)nc2ccccc2c1=O. The molecule has 6 nitrogen and oxygen atoms in total. The molecule has 1 aliphatic rings. The first-order valence-electron chi connectivity index (χ1n) is 9.82. The van der Waals surface area contributed by atoms with Crippen molar-refractivity contribution in [3.05, 3.63) is 64.4 Å². The normalized spacial score (nSPS) is 16.2. The molecule has 4 rings (SSSR count). The average Bonchev–Trinajstić information content (AvgIpc) is 2.74. The van der Waals surface area contributed by atoms with E-state index in [1.54, 1.807) is 10.6 Å². The van der Waals surface area contributed by atoms with Crippen LogP contribution in [0, 0.1) is 6.92 Å². The van der Waals surface area contributed by atoms with E-state index in [0.29, 0.717) is 41.6 Å². The van der Waals surface area contributed by atoms with Gasteiger partial charge in [-0.15, -0.1) is 0 Å². The molecule has 1 atom stereocenters. The van der Waals surface area contributed by atoms with Crippen molar-refractivity contribution in [2.24, 2.45) is 0 Å². The number of hydrogen-bond acceptors (Lipinski definition) is 6. The highest BCUT2D eigenvalue weighted by molar-refractivity contribution is 7.99. The lowest BCUT2D eigenvalue weighted by atomic mass is 10.2. The van der Waals surface area contributed by atoms with Crippen LogP contribution in [-0.4, -0.2) is 64.3 Å². The number of fused-ring (bicyclic) bond motifs is 1. The Morgan fingerprint density at radius 2 is 1.86 bits per heavy atom. The predicted octanol–water partition coefficient (Wildman–Crippen LogP) is 2.48. The molecule has 1 N–H and O–H groups in total. The molecule has 2 heterocycles. The second-order valence-corrected chi connectivity index (χ2v) is 8.20. The highest BCUT2D eigenvalue weighted by Gasteiger charge is 2.18. The van der Waals surface area contributed by atoms with Crippen molar-refractivity contribution >= 4 is 22.7 Å². The molecule has 3 aromatic rings. The van der Waals surface area contributed by atoms with E-state index >= 15 is 0 Å². The summed E-state index contributed by atoms with van der Waals surface area (Å²) in [5.41, 5.74) is 2.41. The number of β-amino-alcohol motifs (C(OH)–C–C–N with tert-alkyl or cyclic N) is 1. The Morgan fingerprint density at radius 1 is 1.14 bits per heavy atom. The molecule has 2 aromatic carbocycles. The molecule has 0 aliphatic carbocycles. The van der Waals surface area contributed by atoms with Gasteiger partial charge in [0.1, 0.15) is 0 Å². The number of ether oxygens (including phenoxy) is 1. The number of aromatic nitrogens is 2. The third kappa shape index (κ3) is 4.53. The number of morpholine rings is 1. The van der Waals surface area contributed by atoms with Crippen molar-refractivity contribution in [3.8, 4) is 5.69 Å². The van der Waals surface area contributed by atoms with Gasteiger partial charge in [0.25, 0.3) is 5.56 Å².